The Labute approximate surface area is 135 Å². The smallest absolute Gasteiger partial charge is 0.253 e. The van der Waals surface area contributed by atoms with Crippen molar-refractivity contribution in [1.29, 1.82) is 0 Å². The number of nitrogens with one attached hydrogen (secondary N) is 2. The van der Waals surface area contributed by atoms with Crippen LogP contribution in [0.1, 0.15) is 55.3 Å². The molecule has 0 spiro atoms. The molecular formula is C17H21N2O4-. The Kier molecular flexibility index (Phi) is 6.14. The van der Waals surface area contributed by atoms with Crippen molar-refractivity contribution in [2.75, 3.05) is 5.32 Å². The van der Waals surface area contributed by atoms with Crippen LogP contribution in [0.25, 0.3) is 0 Å². The van der Waals surface area contributed by atoms with Gasteiger partial charge in [-0.15, -0.1) is 0 Å². The second-order valence-corrected chi connectivity index (χ2v) is 5.77. The van der Waals surface area contributed by atoms with Gasteiger partial charge in [0.1, 0.15) is 0 Å². The van der Waals surface area contributed by atoms with Gasteiger partial charge in [0, 0.05) is 18.4 Å². The van der Waals surface area contributed by atoms with Crippen LogP contribution in [0.2, 0.25) is 0 Å². The number of para-hydroxylation sites is 1. The van der Waals surface area contributed by atoms with Gasteiger partial charge in [0.25, 0.3) is 5.91 Å². The number of carbonyl (C=O) groups is 3. The topological polar surface area (TPSA) is 98.3 Å². The first-order valence-electron chi connectivity index (χ1n) is 7.96. The number of carboxylic acids is 1. The molecule has 1 aromatic carbocycles. The van der Waals surface area contributed by atoms with Crippen molar-refractivity contribution in [2.24, 2.45) is 0 Å². The quantitative estimate of drug-likeness (QED) is 0.824. The zero-order chi connectivity index (χ0) is 16.7. The van der Waals surface area contributed by atoms with Crippen LogP contribution in [0.3, 0.4) is 0 Å². The summed E-state index contributed by atoms with van der Waals surface area (Å²) in [5.41, 5.74) is 0.782. The van der Waals surface area contributed by atoms with E-state index in [1.54, 1.807) is 24.3 Å². The Bertz CT molecular complexity index is 580. The maximum atomic E-state index is 12.4. The van der Waals surface area contributed by atoms with Crippen molar-refractivity contribution in [1.82, 2.24) is 5.32 Å². The lowest BCUT2D eigenvalue weighted by molar-refractivity contribution is -0.305. The SMILES string of the molecule is O=C([O-])CCC(=O)Nc1ccccc1C(=O)NC1CCCCC1. The van der Waals surface area contributed by atoms with Gasteiger partial charge in [-0.3, -0.25) is 9.59 Å². The van der Waals surface area contributed by atoms with Crippen molar-refractivity contribution in [3.05, 3.63) is 29.8 Å². The van der Waals surface area contributed by atoms with Gasteiger partial charge in [-0.2, -0.15) is 0 Å². The molecule has 6 heteroatoms. The lowest BCUT2D eigenvalue weighted by Crippen LogP contribution is -2.36. The summed E-state index contributed by atoms with van der Waals surface area (Å²) in [5.74, 6) is -1.94. The van der Waals surface area contributed by atoms with Crippen molar-refractivity contribution in [2.45, 2.75) is 51.0 Å². The molecule has 0 bridgehead atoms. The first-order chi connectivity index (χ1) is 11.1. The average Bonchev–Trinajstić information content (AvgIpc) is 2.54. The Morgan fingerprint density at radius 3 is 2.43 bits per heavy atom. The highest BCUT2D eigenvalue weighted by atomic mass is 16.4. The molecule has 2 amide bonds. The number of amides is 2. The molecule has 1 fully saturated rings. The zero-order valence-corrected chi connectivity index (χ0v) is 13.0. The largest absolute Gasteiger partial charge is 0.550 e. The third-order valence-electron chi connectivity index (χ3n) is 3.94. The molecular weight excluding hydrogens is 296 g/mol. The van der Waals surface area contributed by atoms with Gasteiger partial charge in [-0.05, 0) is 31.4 Å². The minimum atomic E-state index is -1.27. The number of carboxylic acid groups (broad SMARTS) is 1. The maximum absolute atomic E-state index is 12.4. The minimum Gasteiger partial charge on any atom is -0.550 e. The van der Waals surface area contributed by atoms with E-state index in [1.807, 2.05) is 0 Å². The molecule has 1 aromatic rings. The van der Waals surface area contributed by atoms with E-state index in [2.05, 4.69) is 10.6 Å². The molecule has 0 aromatic heterocycles. The summed E-state index contributed by atoms with van der Waals surface area (Å²) in [6.45, 7) is 0. The third-order valence-corrected chi connectivity index (χ3v) is 3.94. The molecule has 0 heterocycles. The third kappa shape index (κ3) is 5.39. The highest BCUT2D eigenvalue weighted by Crippen LogP contribution is 2.20. The van der Waals surface area contributed by atoms with Crippen molar-refractivity contribution >= 4 is 23.5 Å². The summed E-state index contributed by atoms with van der Waals surface area (Å²) in [6.07, 6.45) is 4.87. The van der Waals surface area contributed by atoms with Gasteiger partial charge in [0.05, 0.1) is 11.3 Å². The Morgan fingerprint density at radius 2 is 1.74 bits per heavy atom. The van der Waals surface area contributed by atoms with Gasteiger partial charge in [-0.25, -0.2) is 0 Å². The number of benzene rings is 1. The first-order valence-corrected chi connectivity index (χ1v) is 7.96. The second kappa shape index (κ2) is 8.31. The standard InChI is InChI=1S/C17H22N2O4/c20-15(10-11-16(21)22)19-14-9-5-4-8-13(14)17(23)18-12-6-2-1-3-7-12/h4-5,8-9,12H,1-3,6-7,10-11H2,(H,18,23)(H,19,20)(H,21,22)/p-1. The molecule has 23 heavy (non-hydrogen) atoms. The minimum absolute atomic E-state index is 0.179. The van der Waals surface area contributed by atoms with Gasteiger partial charge in [0.2, 0.25) is 5.91 Å². The van der Waals surface area contributed by atoms with Crippen LogP contribution < -0.4 is 15.7 Å². The van der Waals surface area contributed by atoms with E-state index >= 15 is 0 Å². The molecule has 0 atom stereocenters. The second-order valence-electron chi connectivity index (χ2n) is 5.77. The molecule has 6 nitrogen and oxygen atoms in total. The molecule has 124 valence electrons. The molecule has 2 rings (SSSR count). The average molecular weight is 317 g/mol. The van der Waals surface area contributed by atoms with Gasteiger partial charge >= 0.3 is 0 Å². The van der Waals surface area contributed by atoms with E-state index in [0.717, 1.165) is 25.7 Å². The Hall–Kier alpha value is -2.37. The molecule has 0 unspecified atom stereocenters. The highest BCUT2D eigenvalue weighted by molar-refractivity contribution is 6.04. The molecule has 1 saturated carbocycles. The van der Waals surface area contributed by atoms with Crippen LogP contribution in [0.5, 0.6) is 0 Å². The lowest BCUT2D eigenvalue weighted by atomic mass is 9.95. The van der Waals surface area contributed by atoms with E-state index in [0.29, 0.717) is 11.3 Å². The van der Waals surface area contributed by atoms with Crippen LogP contribution in [0.4, 0.5) is 5.69 Å². The molecule has 0 aliphatic heterocycles. The van der Waals surface area contributed by atoms with Crippen LogP contribution >= 0.6 is 0 Å². The fourth-order valence-electron chi connectivity index (χ4n) is 2.73. The summed E-state index contributed by atoms with van der Waals surface area (Å²) >= 11 is 0. The molecule has 1 aliphatic carbocycles. The zero-order valence-electron chi connectivity index (χ0n) is 13.0. The number of hydrogen-bond acceptors (Lipinski definition) is 4. The van der Waals surface area contributed by atoms with Gasteiger partial charge in [-0.1, -0.05) is 31.4 Å². The normalized spacial score (nSPS) is 15.0. The Balaban J connectivity index is 1.99. The van der Waals surface area contributed by atoms with E-state index in [1.165, 1.54) is 6.42 Å². The van der Waals surface area contributed by atoms with E-state index < -0.39 is 11.9 Å². The fraction of sp³-hybridized carbons (Fsp3) is 0.471. The number of aliphatic carboxylic acids is 1. The molecule has 1 aliphatic rings. The maximum Gasteiger partial charge on any atom is 0.253 e. The summed E-state index contributed by atoms with van der Waals surface area (Å²) in [6, 6.07) is 6.90. The number of anilines is 1. The van der Waals surface area contributed by atoms with Crippen LogP contribution in [0, 0.1) is 0 Å². The van der Waals surface area contributed by atoms with Crippen molar-refractivity contribution in [3.63, 3.8) is 0 Å². The van der Waals surface area contributed by atoms with Crippen molar-refractivity contribution in [3.8, 4) is 0 Å². The summed E-state index contributed by atoms with van der Waals surface area (Å²) < 4.78 is 0. The number of hydrogen-bond donors (Lipinski definition) is 2. The van der Waals surface area contributed by atoms with Crippen LogP contribution in [0.15, 0.2) is 24.3 Å². The van der Waals surface area contributed by atoms with E-state index in [9.17, 15) is 19.5 Å². The molecule has 0 saturated heterocycles. The molecule has 0 radical (unpaired) electrons. The van der Waals surface area contributed by atoms with E-state index in [4.69, 9.17) is 0 Å². The van der Waals surface area contributed by atoms with Crippen molar-refractivity contribution < 1.29 is 19.5 Å². The first kappa shape index (κ1) is 17.0. The monoisotopic (exact) mass is 317 g/mol. The summed E-state index contributed by atoms with van der Waals surface area (Å²) in [5, 5.41) is 16.0. The molecule has 2 N–H and O–H groups in total. The summed E-state index contributed by atoms with van der Waals surface area (Å²) in [4.78, 5) is 34.6. The van der Waals surface area contributed by atoms with Crippen LogP contribution in [-0.2, 0) is 9.59 Å². The predicted octanol–water partition coefficient (Wildman–Crippen LogP) is 1.22. The number of rotatable bonds is 6. The van der Waals surface area contributed by atoms with E-state index in [-0.39, 0.29) is 24.8 Å². The van der Waals surface area contributed by atoms with Gasteiger partial charge < -0.3 is 20.5 Å². The Morgan fingerprint density at radius 1 is 1.04 bits per heavy atom. The highest BCUT2D eigenvalue weighted by Gasteiger charge is 2.19. The summed E-state index contributed by atoms with van der Waals surface area (Å²) in [7, 11) is 0. The predicted molar refractivity (Wildman–Crippen MR) is 83.7 cm³/mol. The van der Waals surface area contributed by atoms with Crippen LogP contribution in [-0.4, -0.2) is 23.8 Å². The van der Waals surface area contributed by atoms with Gasteiger partial charge in [0.15, 0.2) is 0 Å². The lowest BCUT2D eigenvalue weighted by Gasteiger charge is -2.23. The fourth-order valence-corrected chi connectivity index (χ4v) is 2.73. The number of carbonyl (C=O) groups excluding carboxylic acids is 3.